The van der Waals surface area contributed by atoms with Gasteiger partial charge in [0.1, 0.15) is 0 Å². The van der Waals surface area contributed by atoms with E-state index in [4.69, 9.17) is 11.6 Å². The number of hydrogen-bond donors (Lipinski definition) is 1. The molecule has 0 radical (unpaired) electrons. The number of benzene rings is 1. The van der Waals surface area contributed by atoms with Crippen LogP contribution in [-0.4, -0.2) is 34.7 Å². The minimum absolute atomic E-state index is 0.714. The van der Waals surface area contributed by atoms with E-state index in [0.717, 1.165) is 42.7 Å². The van der Waals surface area contributed by atoms with E-state index in [0.29, 0.717) is 5.02 Å². The van der Waals surface area contributed by atoms with E-state index in [2.05, 4.69) is 39.1 Å². The molecule has 0 aliphatic carbocycles. The lowest BCUT2D eigenvalue weighted by Crippen LogP contribution is -2.29. The predicted octanol–water partition coefficient (Wildman–Crippen LogP) is 3.33. The Hall–Kier alpha value is -1.76. The van der Waals surface area contributed by atoms with Crippen molar-refractivity contribution < 1.29 is 0 Å². The average Bonchev–Trinajstić information content (AvgIpc) is 2.91. The van der Waals surface area contributed by atoms with Gasteiger partial charge in [-0.15, -0.1) is 5.92 Å². The van der Waals surface area contributed by atoms with Crippen LogP contribution >= 0.6 is 11.6 Å². The molecule has 3 nitrogen and oxygen atoms in total. The molecule has 20 heavy (non-hydrogen) atoms. The van der Waals surface area contributed by atoms with Crippen molar-refractivity contribution >= 4 is 28.1 Å². The van der Waals surface area contributed by atoms with Gasteiger partial charge in [0.15, 0.2) is 0 Å². The van der Waals surface area contributed by atoms with Crippen LogP contribution < -0.4 is 0 Å². The molecule has 0 spiro atoms. The van der Waals surface area contributed by atoms with Gasteiger partial charge in [0, 0.05) is 18.5 Å². The van der Waals surface area contributed by atoms with Gasteiger partial charge in [-0.1, -0.05) is 35.7 Å². The number of halogens is 1. The first-order valence-corrected chi connectivity index (χ1v) is 7.11. The Labute approximate surface area is 123 Å². The normalized spacial score (nSPS) is 15.8. The van der Waals surface area contributed by atoms with Crippen LogP contribution in [0.1, 0.15) is 19.0 Å². The number of nitrogens with zero attached hydrogens (tertiary/aromatic N) is 2. The van der Waals surface area contributed by atoms with Crippen LogP contribution in [0.5, 0.6) is 0 Å². The zero-order valence-electron chi connectivity index (χ0n) is 11.4. The molecular weight excluding hydrogens is 270 g/mol. The fourth-order valence-corrected chi connectivity index (χ4v) is 2.77. The van der Waals surface area contributed by atoms with Crippen molar-refractivity contribution in [3.8, 4) is 11.8 Å². The lowest BCUT2D eigenvalue weighted by molar-refractivity contribution is 0.342. The highest BCUT2D eigenvalue weighted by atomic mass is 35.5. The van der Waals surface area contributed by atoms with Gasteiger partial charge in [-0.2, -0.15) is 5.10 Å². The topological polar surface area (TPSA) is 31.9 Å². The Bertz CT molecular complexity index is 718. The fraction of sp³-hybridized carbons (Fsp3) is 0.312. The van der Waals surface area contributed by atoms with E-state index in [-0.39, 0.29) is 0 Å². The predicted molar refractivity (Wildman–Crippen MR) is 83.6 cm³/mol. The highest BCUT2D eigenvalue weighted by molar-refractivity contribution is 6.35. The summed E-state index contributed by atoms with van der Waals surface area (Å²) in [7, 11) is 0. The molecule has 1 aliphatic rings. The van der Waals surface area contributed by atoms with Gasteiger partial charge in [-0.05, 0) is 25.0 Å². The van der Waals surface area contributed by atoms with Crippen molar-refractivity contribution in [2.45, 2.75) is 13.3 Å². The third-order valence-electron chi connectivity index (χ3n) is 3.56. The number of nitrogens with one attached hydrogen (secondary N) is 1. The summed E-state index contributed by atoms with van der Waals surface area (Å²) in [5, 5.41) is 9.30. The van der Waals surface area contributed by atoms with Gasteiger partial charge < -0.3 is 0 Å². The molecule has 4 heteroatoms. The Kier molecular flexibility index (Phi) is 3.77. The summed E-state index contributed by atoms with van der Waals surface area (Å²) in [5.41, 5.74) is 3.18. The molecule has 2 aromatic rings. The highest BCUT2D eigenvalue weighted by Crippen LogP contribution is 2.29. The molecule has 1 aliphatic heterocycles. The number of aromatic nitrogens is 2. The van der Waals surface area contributed by atoms with Crippen LogP contribution in [0.3, 0.4) is 0 Å². The van der Waals surface area contributed by atoms with Crippen LogP contribution in [0.2, 0.25) is 5.02 Å². The zero-order valence-corrected chi connectivity index (χ0v) is 12.2. The van der Waals surface area contributed by atoms with E-state index in [9.17, 15) is 0 Å². The zero-order chi connectivity index (χ0) is 13.9. The standard InChI is InChI=1S/C16H16ClN3/c1-2-3-9-20-10-5-6-12(11-20)15-13-7-4-8-14(17)16(13)19-18-15/h4,6-8H,5,9-11H2,1H3,(H,18,19). The number of rotatable bonds is 2. The van der Waals surface area contributed by atoms with Crippen molar-refractivity contribution in [3.05, 3.63) is 35.0 Å². The molecule has 1 N–H and O–H groups in total. The summed E-state index contributed by atoms with van der Waals surface area (Å²) < 4.78 is 0. The number of para-hydroxylation sites is 1. The Balaban J connectivity index is 1.92. The van der Waals surface area contributed by atoms with Crippen LogP contribution in [0, 0.1) is 11.8 Å². The number of hydrogen-bond acceptors (Lipinski definition) is 2. The summed E-state index contributed by atoms with van der Waals surface area (Å²) in [4.78, 5) is 2.34. The van der Waals surface area contributed by atoms with Crippen LogP contribution in [0.15, 0.2) is 24.3 Å². The van der Waals surface area contributed by atoms with Crippen molar-refractivity contribution in [2.75, 3.05) is 19.6 Å². The monoisotopic (exact) mass is 285 g/mol. The second-order valence-electron chi connectivity index (χ2n) is 4.89. The van der Waals surface area contributed by atoms with E-state index in [1.807, 2.05) is 19.1 Å². The number of fused-ring (bicyclic) bond motifs is 1. The van der Waals surface area contributed by atoms with Crippen LogP contribution in [-0.2, 0) is 0 Å². The first kappa shape index (κ1) is 13.2. The smallest absolute Gasteiger partial charge is 0.0969 e. The molecule has 1 aromatic heterocycles. The molecule has 102 valence electrons. The van der Waals surface area contributed by atoms with Gasteiger partial charge in [0.2, 0.25) is 0 Å². The lowest BCUT2D eigenvalue weighted by Gasteiger charge is -2.24. The van der Waals surface area contributed by atoms with Gasteiger partial charge in [-0.25, -0.2) is 0 Å². The molecule has 3 rings (SSSR count). The Morgan fingerprint density at radius 1 is 1.45 bits per heavy atom. The lowest BCUT2D eigenvalue weighted by atomic mass is 10.0. The minimum Gasteiger partial charge on any atom is -0.288 e. The molecule has 0 fully saturated rings. The van der Waals surface area contributed by atoms with E-state index < -0.39 is 0 Å². The Morgan fingerprint density at radius 2 is 2.35 bits per heavy atom. The quantitative estimate of drug-likeness (QED) is 0.859. The van der Waals surface area contributed by atoms with E-state index >= 15 is 0 Å². The highest BCUT2D eigenvalue weighted by Gasteiger charge is 2.17. The minimum atomic E-state index is 0.714. The first-order chi connectivity index (χ1) is 9.79. The first-order valence-electron chi connectivity index (χ1n) is 6.73. The number of H-pyrrole nitrogens is 1. The average molecular weight is 286 g/mol. The largest absolute Gasteiger partial charge is 0.288 e. The van der Waals surface area contributed by atoms with Crippen molar-refractivity contribution in [3.63, 3.8) is 0 Å². The fourth-order valence-electron chi connectivity index (χ4n) is 2.56. The van der Waals surface area contributed by atoms with E-state index in [1.165, 1.54) is 5.57 Å². The summed E-state index contributed by atoms with van der Waals surface area (Å²) in [6.45, 7) is 4.64. The summed E-state index contributed by atoms with van der Waals surface area (Å²) in [6, 6.07) is 5.91. The molecule has 0 bridgehead atoms. The number of aromatic amines is 1. The van der Waals surface area contributed by atoms with Crippen molar-refractivity contribution in [1.82, 2.24) is 15.1 Å². The van der Waals surface area contributed by atoms with Gasteiger partial charge in [-0.3, -0.25) is 10.00 Å². The molecule has 1 aromatic carbocycles. The van der Waals surface area contributed by atoms with E-state index in [1.54, 1.807) is 0 Å². The molecule has 0 unspecified atom stereocenters. The Morgan fingerprint density at radius 3 is 3.20 bits per heavy atom. The van der Waals surface area contributed by atoms with Crippen molar-refractivity contribution in [2.24, 2.45) is 0 Å². The molecular formula is C16H16ClN3. The molecule has 0 saturated carbocycles. The van der Waals surface area contributed by atoms with Gasteiger partial charge >= 0.3 is 0 Å². The maximum absolute atomic E-state index is 6.19. The molecule has 0 amide bonds. The summed E-state index contributed by atoms with van der Waals surface area (Å²) >= 11 is 6.19. The summed E-state index contributed by atoms with van der Waals surface area (Å²) in [5.74, 6) is 6.08. The maximum atomic E-state index is 6.19. The summed E-state index contributed by atoms with van der Waals surface area (Å²) in [6.07, 6.45) is 3.31. The van der Waals surface area contributed by atoms with Gasteiger partial charge in [0.25, 0.3) is 0 Å². The third kappa shape index (κ3) is 2.45. The molecule has 0 saturated heterocycles. The third-order valence-corrected chi connectivity index (χ3v) is 3.88. The molecule has 0 atom stereocenters. The second-order valence-corrected chi connectivity index (χ2v) is 5.30. The maximum Gasteiger partial charge on any atom is 0.0969 e. The second kappa shape index (κ2) is 5.70. The van der Waals surface area contributed by atoms with Crippen LogP contribution in [0.4, 0.5) is 0 Å². The van der Waals surface area contributed by atoms with Crippen molar-refractivity contribution in [1.29, 1.82) is 0 Å². The van der Waals surface area contributed by atoms with Gasteiger partial charge in [0.05, 0.1) is 22.8 Å². The van der Waals surface area contributed by atoms with Crippen LogP contribution in [0.25, 0.3) is 16.5 Å². The molecule has 2 heterocycles. The SMILES string of the molecule is CC#CCN1CCC=C(c2n[nH]c3c(Cl)cccc23)C1.